The Bertz CT molecular complexity index is 663. The van der Waals surface area contributed by atoms with Crippen LogP contribution < -0.4 is 16.8 Å². The van der Waals surface area contributed by atoms with Crippen LogP contribution in [0.15, 0.2) is 30.6 Å². The van der Waals surface area contributed by atoms with E-state index in [1.165, 1.54) is 17.1 Å². The lowest BCUT2D eigenvalue weighted by atomic mass is 10.1. The van der Waals surface area contributed by atoms with Gasteiger partial charge in [0, 0.05) is 11.9 Å². The standard InChI is InChI=1S/C13H15N5O2/c1-8-2-3-11(14)10(4-8)13(20)17-9-5-16-18(6-9)7-12(15)19/h2-6H,7,14H2,1H3,(H2,15,19)(H,17,20). The molecule has 2 amide bonds. The topological polar surface area (TPSA) is 116 Å². The molecule has 0 radical (unpaired) electrons. The molecule has 0 unspecified atom stereocenters. The molecule has 0 aliphatic carbocycles. The molecule has 20 heavy (non-hydrogen) atoms. The van der Waals surface area contributed by atoms with Gasteiger partial charge in [-0.05, 0) is 19.1 Å². The minimum atomic E-state index is -0.506. The maximum atomic E-state index is 12.1. The third-order valence-electron chi connectivity index (χ3n) is 2.66. The van der Waals surface area contributed by atoms with Gasteiger partial charge in [-0.3, -0.25) is 14.3 Å². The molecule has 0 aliphatic heterocycles. The Morgan fingerprint density at radius 3 is 2.85 bits per heavy atom. The quantitative estimate of drug-likeness (QED) is 0.704. The van der Waals surface area contributed by atoms with Gasteiger partial charge in [0.2, 0.25) is 5.91 Å². The molecule has 1 aromatic carbocycles. The van der Waals surface area contributed by atoms with E-state index < -0.39 is 5.91 Å². The van der Waals surface area contributed by atoms with E-state index in [4.69, 9.17) is 11.5 Å². The molecule has 2 rings (SSSR count). The summed E-state index contributed by atoms with van der Waals surface area (Å²) in [6.07, 6.45) is 2.96. The van der Waals surface area contributed by atoms with Crippen molar-refractivity contribution >= 4 is 23.2 Å². The summed E-state index contributed by atoms with van der Waals surface area (Å²) in [5.74, 6) is -0.835. The molecule has 7 nitrogen and oxygen atoms in total. The molecule has 0 spiro atoms. The van der Waals surface area contributed by atoms with Crippen molar-refractivity contribution in [3.8, 4) is 0 Å². The normalized spacial score (nSPS) is 10.2. The van der Waals surface area contributed by atoms with Crippen LogP contribution in [0.1, 0.15) is 15.9 Å². The van der Waals surface area contributed by atoms with Gasteiger partial charge in [-0.2, -0.15) is 5.10 Å². The lowest BCUT2D eigenvalue weighted by Gasteiger charge is -2.06. The number of aromatic nitrogens is 2. The zero-order valence-electron chi connectivity index (χ0n) is 11.0. The van der Waals surface area contributed by atoms with E-state index in [-0.39, 0.29) is 12.5 Å². The van der Waals surface area contributed by atoms with E-state index in [1.54, 1.807) is 12.1 Å². The van der Waals surface area contributed by atoms with Gasteiger partial charge < -0.3 is 16.8 Å². The number of nitrogen functional groups attached to an aromatic ring is 1. The van der Waals surface area contributed by atoms with Gasteiger partial charge in [-0.25, -0.2) is 0 Å². The second-order valence-corrected chi connectivity index (χ2v) is 4.44. The van der Waals surface area contributed by atoms with E-state index in [9.17, 15) is 9.59 Å². The van der Waals surface area contributed by atoms with Crippen LogP contribution in [0.4, 0.5) is 11.4 Å². The highest BCUT2D eigenvalue weighted by Gasteiger charge is 2.11. The SMILES string of the molecule is Cc1ccc(N)c(C(=O)Nc2cnn(CC(N)=O)c2)c1. The molecular weight excluding hydrogens is 258 g/mol. The fraction of sp³-hybridized carbons (Fsp3) is 0.154. The number of anilines is 2. The van der Waals surface area contributed by atoms with Crippen LogP contribution in [0.25, 0.3) is 0 Å². The summed E-state index contributed by atoms with van der Waals surface area (Å²) in [5, 5.41) is 6.58. The average Bonchev–Trinajstić information content (AvgIpc) is 2.78. The van der Waals surface area contributed by atoms with Crippen molar-refractivity contribution in [2.24, 2.45) is 5.73 Å². The number of benzene rings is 1. The van der Waals surface area contributed by atoms with Crippen LogP contribution in [0, 0.1) is 6.92 Å². The minimum Gasteiger partial charge on any atom is -0.398 e. The summed E-state index contributed by atoms with van der Waals surface area (Å²) in [6, 6.07) is 5.22. The number of carbonyl (C=O) groups excluding carboxylic acids is 2. The number of rotatable bonds is 4. The van der Waals surface area contributed by atoms with E-state index in [1.807, 2.05) is 13.0 Å². The third kappa shape index (κ3) is 3.14. The fourth-order valence-corrected chi connectivity index (χ4v) is 1.74. The molecular formula is C13H15N5O2. The van der Waals surface area contributed by atoms with E-state index >= 15 is 0 Å². The Labute approximate surface area is 115 Å². The van der Waals surface area contributed by atoms with Crippen LogP contribution >= 0.6 is 0 Å². The fourth-order valence-electron chi connectivity index (χ4n) is 1.74. The van der Waals surface area contributed by atoms with Gasteiger partial charge in [0.1, 0.15) is 6.54 Å². The number of carbonyl (C=O) groups is 2. The highest BCUT2D eigenvalue weighted by Crippen LogP contribution is 2.16. The summed E-state index contributed by atoms with van der Waals surface area (Å²) in [7, 11) is 0. The van der Waals surface area contributed by atoms with E-state index in [0.29, 0.717) is 16.9 Å². The first kappa shape index (κ1) is 13.6. The number of hydrogen-bond donors (Lipinski definition) is 3. The molecule has 2 aromatic rings. The summed E-state index contributed by atoms with van der Waals surface area (Å²) >= 11 is 0. The van der Waals surface area contributed by atoms with Gasteiger partial charge >= 0.3 is 0 Å². The van der Waals surface area contributed by atoms with E-state index in [0.717, 1.165) is 5.56 Å². The molecule has 1 aromatic heterocycles. The summed E-state index contributed by atoms with van der Waals surface area (Å²) in [4.78, 5) is 22.9. The first-order valence-electron chi connectivity index (χ1n) is 5.94. The van der Waals surface area contributed by atoms with Gasteiger partial charge in [-0.15, -0.1) is 0 Å². The molecule has 7 heteroatoms. The van der Waals surface area contributed by atoms with Gasteiger partial charge in [0.25, 0.3) is 5.91 Å². The second-order valence-electron chi connectivity index (χ2n) is 4.44. The number of nitrogens with one attached hydrogen (secondary N) is 1. The lowest BCUT2D eigenvalue weighted by Crippen LogP contribution is -2.18. The predicted octanol–water partition coefficient (Wildman–Crippen LogP) is 0.511. The van der Waals surface area contributed by atoms with Crippen molar-refractivity contribution in [2.45, 2.75) is 13.5 Å². The molecule has 0 saturated heterocycles. The van der Waals surface area contributed by atoms with Crippen LogP contribution in [0.2, 0.25) is 0 Å². The molecule has 0 aliphatic rings. The number of primary amides is 1. The molecule has 0 fully saturated rings. The van der Waals surface area contributed by atoms with Gasteiger partial charge in [-0.1, -0.05) is 11.6 Å². The molecule has 0 bridgehead atoms. The van der Waals surface area contributed by atoms with E-state index in [2.05, 4.69) is 10.4 Å². The first-order chi connectivity index (χ1) is 9.45. The Kier molecular flexibility index (Phi) is 3.69. The Hall–Kier alpha value is -2.83. The van der Waals surface area contributed by atoms with Crippen molar-refractivity contribution in [2.75, 3.05) is 11.1 Å². The van der Waals surface area contributed by atoms with Gasteiger partial charge in [0.05, 0.1) is 17.4 Å². The lowest BCUT2D eigenvalue weighted by molar-refractivity contribution is -0.118. The number of hydrogen-bond acceptors (Lipinski definition) is 4. The van der Waals surface area contributed by atoms with Crippen LogP contribution in [0.3, 0.4) is 0 Å². The van der Waals surface area contributed by atoms with Crippen LogP contribution in [0.5, 0.6) is 0 Å². The Morgan fingerprint density at radius 2 is 2.15 bits per heavy atom. The molecule has 0 saturated carbocycles. The van der Waals surface area contributed by atoms with Crippen molar-refractivity contribution in [3.63, 3.8) is 0 Å². The Balaban J connectivity index is 2.13. The highest BCUT2D eigenvalue weighted by atomic mass is 16.2. The van der Waals surface area contributed by atoms with Crippen LogP contribution in [-0.2, 0) is 11.3 Å². The summed E-state index contributed by atoms with van der Waals surface area (Å²) in [6.45, 7) is 1.84. The summed E-state index contributed by atoms with van der Waals surface area (Å²) < 4.78 is 1.34. The zero-order chi connectivity index (χ0) is 14.7. The largest absolute Gasteiger partial charge is 0.398 e. The minimum absolute atomic E-state index is 0.0392. The van der Waals surface area contributed by atoms with Crippen LogP contribution in [-0.4, -0.2) is 21.6 Å². The van der Waals surface area contributed by atoms with Gasteiger partial charge in [0.15, 0.2) is 0 Å². The number of amides is 2. The smallest absolute Gasteiger partial charge is 0.257 e. The molecule has 1 heterocycles. The third-order valence-corrected chi connectivity index (χ3v) is 2.66. The highest BCUT2D eigenvalue weighted by molar-refractivity contribution is 6.07. The zero-order valence-corrected chi connectivity index (χ0v) is 11.0. The second kappa shape index (κ2) is 5.43. The maximum absolute atomic E-state index is 12.1. The first-order valence-corrected chi connectivity index (χ1v) is 5.94. The monoisotopic (exact) mass is 273 g/mol. The Morgan fingerprint density at radius 1 is 1.40 bits per heavy atom. The van der Waals surface area contributed by atoms with Crippen molar-refractivity contribution in [3.05, 3.63) is 41.7 Å². The predicted molar refractivity (Wildman–Crippen MR) is 75.0 cm³/mol. The number of nitrogens with zero attached hydrogens (tertiary/aromatic N) is 2. The molecule has 0 atom stereocenters. The molecule has 104 valence electrons. The van der Waals surface area contributed by atoms with Crippen molar-refractivity contribution in [1.82, 2.24) is 9.78 Å². The van der Waals surface area contributed by atoms with Crippen molar-refractivity contribution < 1.29 is 9.59 Å². The maximum Gasteiger partial charge on any atom is 0.257 e. The number of aryl methyl sites for hydroxylation is 1. The summed E-state index contributed by atoms with van der Waals surface area (Å²) in [5.41, 5.74) is 13.0. The molecule has 5 N–H and O–H groups in total. The number of nitrogens with two attached hydrogens (primary N) is 2. The average molecular weight is 273 g/mol. The van der Waals surface area contributed by atoms with Crippen molar-refractivity contribution in [1.29, 1.82) is 0 Å².